The minimum Gasteiger partial charge on any atom is -0.496 e. The number of hydrogen-bond acceptors (Lipinski definition) is 3. The van der Waals surface area contributed by atoms with Gasteiger partial charge in [0.2, 0.25) is 0 Å². The molecule has 0 radical (unpaired) electrons. The molecular weight excluding hydrogens is 226 g/mol. The minimum atomic E-state index is -0.301. The predicted molar refractivity (Wildman–Crippen MR) is 74.3 cm³/mol. The van der Waals surface area contributed by atoms with Crippen molar-refractivity contribution in [3.05, 3.63) is 28.8 Å². The van der Waals surface area contributed by atoms with Gasteiger partial charge in [-0.3, -0.25) is 4.79 Å². The van der Waals surface area contributed by atoms with Crippen LogP contribution >= 0.6 is 0 Å². The van der Waals surface area contributed by atoms with Gasteiger partial charge in [-0.05, 0) is 57.4 Å². The van der Waals surface area contributed by atoms with E-state index in [-0.39, 0.29) is 11.3 Å². The van der Waals surface area contributed by atoms with Crippen molar-refractivity contribution in [3.8, 4) is 5.75 Å². The van der Waals surface area contributed by atoms with E-state index in [2.05, 4.69) is 0 Å². The molecule has 0 aliphatic rings. The lowest BCUT2D eigenvalue weighted by Crippen LogP contribution is -2.32. The second kappa shape index (κ2) is 5.53. The fourth-order valence-corrected chi connectivity index (χ4v) is 1.89. The maximum absolute atomic E-state index is 12.2. The van der Waals surface area contributed by atoms with Crippen LogP contribution in [0.4, 0.5) is 0 Å². The highest BCUT2D eigenvalue weighted by Crippen LogP contribution is 2.25. The van der Waals surface area contributed by atoms with Crippen molar-refractivity contribution >= 4 is 5.78 Å². The maximum atomic E-state index is 12.2. The molecule has 0 unspecified atom stereocenters. The largest absolute Gasteiger partial charge is 0.496 e. The number of carbonyl (C=O) groups excluding carboxylic acids is 1. The van der Waals surface area contributed by atoms with Gasteiger partial charge in [0, 0.05) is 17.5 Å². The number of ether oxygens (including phenoxy) is 1. The molecule has 0 fully saturated rings. The molecule has 0 heterocycles. The minimum absolute atomic E-state index is 0.150. The average Bonchev–Trinajstić information content (AvgIpc) is 2.28. The Kier molecular flexibility index (Phi) is 4.52. The Morgan fingerprint density at radius 3 is 2.39 bits per heavy atom. The lowest BCUT2D eigenvalue weighted by atomic mass is 9.93. The van der Waals surface area contributed by atoms with Crippen LogP contribution in [0.2, 0.25) is 0 Å². The van der Waals surface area contributed by atoms with Crippen LogP contribution in [0.5, 0.6) is 5.75 Å². The Balaban J connectivity index is 2.91. The van der Waals surface area contributed by atoms with E-state index in [0.717, 1.165) is 22.4 Å². The summed E-state index contributed by atoms with van der Waals surface area (Å²) < 4.78 is 5.24. The number of nitrogens with two attached hydrogens (primary N) is 1. The van der Waals surface area contributed by atoms with E-state index < -0.39 is 0 Å². The summed E-state index contributed by atoms with van der Waals surface area (Å²) in [7, 11) is 1.64. The molecule has 0 atom stereocenters. The van der Waals surface area contributed by atoms with Gasteiger partial charge >= 0.3 is 0 Å². The highest BCUT2D eigenvalue weighted by atomic mass is 16.5. The first-order valence-corrected chi connectivity index (χ1v) is 6.22. The van der Waals surface area contributed by atoms with E-state index in [4.69, 9.17) is 10.5 Å². The molecule has 0 aliphatic heterocycles. The Morgan fingerprint density at radius 2 is 1.89 bits per heavy atom. The molecule has 18 heavy (non-hydrogen) atoms. The summed E-state index contributed by atoms with van der Waals surface area (Å²) in [5.41, 5.74) is 8.40. The zero-order valence-electron chi connectivity index (χ0n) is 12.0. The van der Waals surface area contributed by atoms with E-state index >= 15 is 0 Å². The molecule has 3 nitrogen and oxygen atoms in total. The summed E-state index contributed by atoms with van der Waals surface area (Å²) in [5, 5.41) is 0. The van der Waals surface area contributed by atoms with Gasteiger partial charge in [0.15, 0.2) is 5.78 Å². The Bertz CT molecular complexity index is 445. The third-order valence-electron chi connectivity index (χ3n) is 3.25. The zero-order valence-corrected chi connectivity index (χ0v) is 12.0. The number of carbonyl (C=O) groups is 1. The Hall–Kier alpha value is -1.35. The lowest BCUT2D eigenvalue weighted by Gasteiger charge is -2.18. The normalized spacial score (nSPS) is 11.4. The molecule has 0 saturated carbocycles. The van der Waals surface area contributed by atoms with Crippen LogP contribution in [0.25, 0.3) is 0 Å². The fourth-order valence-electron chi connectivity index (χ4n) is 1.89. The van der Waals surface area contributed by atoms with E-state index in [1.54, 1.807) is 7.11 Å². The number of Topliss-reactive ketones (excluding diaryl/α,β-unsaturated/α-hetero) is 1. The van der Waals surface area contributed by atoms with Crippen molar-refractivity contribution in [1.82, 2.24) is 0 Å². The zero-order chi connectivity index (χ0) is 13.9. The van der Waals surface area contributed by atoms with Crippen LogP contribution in [-0.2, 0) is 0 Å². The van der Waals surface area contributed by atoms with Gasteiger partial charge in [-0.2, -0.15) is 0 Å². The van der Waals surface area contributed by atoms with Crippen molar-refractivity contribution in [1.29, 1.82) is 0 Å². The van der Waals surface area contributed by atoms with E-state index in [1.165, 1.54) is 0 Å². The summed E-state index contributed by atoms with van der Waals surface area (Å²) >= 11 is 0. The van der Waals surface area contributed by atoms with Crippen molar-refractivity contribution in [2.75, 3.05) is 7.11 Å². The molecular formula is C15H23NO2. The molecule has 0 bridgehead atoms. The summed E-state index contributed by atoms with van der Waals surface area (Å²) in [6.07, 6.45) is 1.17. The first-order chi connectivity index (χ1) is 8.26. The van der Waals surface area contributed by atoms with E-state index in [1.807, 2.05) is 39.8 Å². The van der Waals surface area contributed by atoms with Crippen molar-refractivity contribution in [2.45, 2.75) is 46.1 Å². The average molecular weight is 249 g/mol. The fraction of sp³-hybridized carbons (Fsp3) is 0.533. The molecule has 100 valence electrons. The molecule has 0 aromatic heterocycles. The van der Waals surface area contributed by atoms with Gasteiger partial charge in [-0.15, -0.1) is 0 Å². The van der Waals surface area contributed by atoms with E-state index in [0.29, 0.717) is 12.8 Å². The first-order valence-electron chi connectivity index (χ1n) is 6.22. The van der Waals surface area contributed by atoms with Crippen molar-refractivity contribution < 1.29 is 9.53 Å². The van der Waals surface area contributed by atoms with Crippen molar-refractivity contribution in [3.63, 3.8) is 0 Å². The SMILES string of the molecule is COc1ccc(C(=O)CCC(C)(C)N)c(C)c1C. The molecule has 0 spiro atoms. The van der Waals surface area contributed by atoms with Crippen LogP contribution in [0.3, 0.4) is 0 Å². The second-order valence-corrected chi connectivity index (χ2v) is 5.48. The number of hydrogen-bond donors (Lipinski definition) is 1. The number of benzene rings is 1. The molecule has 0 saturated heterocycles. The van der Waals surface area contributed by atoms with Crippen LogP contribution in [-0.4, -0.2) is 18.4 Å². The third-order valence-corrected chi connectivity index (χ3v) is 3.25. The number of rotatable bonds is 5. The molecule has 1 aromatic rings. The highest BCUT2D eigenvalue weighted by molar-refractivity contribution is 5.98. The monoisotopic (exact) mass is 249 g/mol. The molecule has 3 heteroatoms. The Morgan fingerprint density at radius 1 is 1.28 bits per heavy atom. The summed E-state index contributed by atoms with van der Waals surface area (Å²) in [4.78, 5) is 12.2. The summed E-state index contributed by atoms with van der Waals surface area (Å²) in [5.74, 6) is 0.972. The quantitative estimate of drug-likeness (QED) is 0.816. The van der Waals surface area contributed by atoms with Gasteiger partial charge < -0.3 is 10.5 Å². The molecule has 1 aromatic carbocycles. The predicted octanol–water partition coefficient (Wildman–Crippen LogP) is 3.01. The Labute approximate surface area is 109 Å². The van der Waals surface area contributed by atoms with Crippen LogP contribution in [0.1, 0.15) is 48.2 Å². The smallest absolute Gasteiger partial charge is 0.163 e. The van der Waals surface area contributed by atoms with Crippen LogP contribution in [0, 0.1) is 13.8 Å². The van der Waals surface area contributed by atoms with Gasteiger partial charge in [-0.1, -0.05) is 0 Å². The number of ketones is 1. The lowest BCUT2D eigenvalue weighted by molar-refractivity contribution is 0.0972. The van der Waals surface area contributed by atoms with Gasteiger partial charge in [-0.25, -0.2) is 0 Å². The van der Waals surface area contributed by atoms with Gasteiger partial charge in [0.25, 0.3) is 0 Å². The van der Waals surface area contributed by atoms with Crippen LogP contribution < -0.4 is 10.5 Å². The molecule has 0 aliphatic carbocycles. The summed E-state index contributed by atoms with van der Waals surface area (Å²) in [6, 6.07) is 3.69. The van der Waals surface area contributed by atoms with E-state index in [9.17, 15) is 4.79 Å². The highest BCUT2D eigenvalue weighted by Gasteiger charge is 2.17. The second-order valence-electron chi connectivity index (χ2n) is 5.48. The third kappa shape index (κ3) is 3.57. The van der Waals surface area contributed by atoms with Crippen molar-refractivity contribution in [2.24, 2.45) is 5.73 Å². The van der Waals surface area contributed by atoms with Gasteiger partial charge in [0.05, 0.1) is 7.11 Å². The molecule has 1 rings (SSSR count). The van der Waals surface area contributed by atoms with Crippen LogP contribution in [0.15, 0.2) is 12.1 Å². The standard InChI is InChI=1S/C15H23NO2/c1-10-11(2)14(18-5)7-6-12(10)13(17)8-9-15(3,4)16/h6-7H,8-9,16H2,1-5H3. The molecule has 2 N–H and O–H groups in total. The first kappa shape index (κ1) is 14.7. The molecule has 0 amide bonds. The van der Waals surface area contributed by atoms with Gasteiger partial charge in [0.1, 0.15) is 5.75 Å². The summed E-state index contributed by atoms with van der Waals surface area (Å²) in [6.45, 7) is 7.80. The number of methoxy groups -OCH3 is 1. The topological polar surface area (TPSA) is 52.3 Å². The maximum Gasteiger partial charge on any atom is 0.163 e.